The van der Waals surface area contributed by atoms with Crippen molar-refractivity contribution in [2.75, 3.05) is 10.8 Å². The van der Waals surface area contributed by atoms with Crippen molar-refractivity contribution in [2.45, 2.75) is 31.2 Å². The fourth-order valence-corrected chi connectivity index (χ4v) is 3.26. The fraction of sp³-hybridized carbons (Fsp3) is 0.385. The lowest BCUT2D eigenvalue weighted by atomic mass is 10.1. The fourth-order valence-electron chi connectivity index (χ4n) is 2.14. The number of aryl methyl sites for hydroxylation is 2. The lowest BCUT2D eigenvalue weighted by molar-refractivity contribution is -0.241. The third-order valence-corrected chi connectivity index (χ3v) is 4.67. The van der Waals surface area contributed by atoms with E-state index in [2.05, 4.69) is 0 Å². The van der Waals surface area contributed by atoms with Crippen molar-refractivity contribution >= 4 is 16.5 Å². The normalized spacial score (nSPS) is 16.8. The summed E-state index contributed by atoms with van der Waals surface area (Å²) < 4.78 is 87.1. The van der Waals surface area contributed by atoms with Gasteiger partial charge < -0.3 is 0 Å². The summed E-state index contributed by atoms with van der Waals surface area (Å²) in [6.45, 7) is 3.08. The third kappa shape index (κ3) is 4.20. The Morgan fingerprint density at radius 2 is 1.67 bits per heavy atom. The van der Waals surface area contributed by atoms with Crippen LogP contribution in [-0.4, -0.2) is 27.4 Å². The summed E-state index contributed by atoms with van der Waals surface area (Å²) in [5.74, 6) is -1.52. The van der Waals surface area contributed by atoms with Crippen LogP contribution >= 0.6 is 0 Å². The summed E-state index contributed by atoms with van der Waals surface area (Å²) in [4.78, 5) is -0.0754. The lowest BCUT2D eigenvalue weighted by Crippen LogP contribution is -2.47. The van der Waals surface area contributed by atoms with Crippen LogP contribution in [0, 0.1) is 13.8 Å². The molecular formula is C13H13F6N3OS. The first kappa shape index (κ1) is 18.6. The molecule has 4 nitrogen and oxygen atoms in total. The van der Waals surface area contributed by atoms with Gasteiger partial charge in [0.25, 0.3) is 0 Å². The van der Waals surface area contributed by atoms with E-state index in [1.165, 1.54) is 19.1 Å². The minimum atomic E-state index is -4.66. The molecule has 1 aliphatic heterocycles. The van der Waals surface area contributed by atoms with Gasteiger partial charge in [-0.15, -0.1) is 18.7 Å². The third-order valence-electron chi connectivity index (χ3n) is 3.15. The first-order valence-corrected chi connectivity index (χ1v) is 7.86. The van der Waals surface area contributed by atoms with Crippen LogP contribution in [0.25, 0.3) is 0 Å². The zero-order chi connectivity index (χ0) is 18.3. The van der Waals surface area contributed by atoms with Gasteiger partial charge in [0, 0.05) is 17.3 Å². The maximum absolute atomic E-state index is 12.6. The smallest absolute Gasteiger partial charge is 0.264 e. The average molecular weight is 373 g/mol. The van der Waals surface area contributed by atoms with Crippen LogP contribution in [0.1, 0.15) is 11.1 Å². The van der Waals surface area contributed by atoms with Gasteiger partial charge >= 0.3 is 12.5 Å². The Morgan fingerprint density at radius 3 is 2.17 bits per heavy atom. The van der Waals surface area contributed by atoms with Gasteiger partial charge in [-0.1, -0.05) is 6.07 Å². The Morgan fingerprint density at radius 1 is 1.04 bits per heavy atom. The van der Waals surface area contributed by atoms with E-state index in [0.29, 0.717) is 11.1 Å². The van der Waals surface area contributed by atoms with Gasteiger partial charge in [-0.05, 0) is 31.0 Å². The van der Waals surface area contributed by atoms with E-state index in [1.54, 1.807) is 6.92 Å². The Hall–Kier alpha value is -1.75. The Bertz CT molecular complexity index is 686. The molecular weight excluding hydrogens is 360 g/mol. The van der Waals surface area contributed by atoms with Crippen molar-refractivity contribution in [3.63, 3.8) is 0 Å². The summed E-state index contributed by atoms with van der Waals surface area (Å²) in [5.41, 5.74) is 3.09. The van der Waals surface area contributed by atoms with Crippen molar-refractivity contribution in [3.8, 4) is 0 Å². The minimum absolute atomic E-state index is 0.0754. The van der Waals surface area contributed by atoms with Gasteiger partial charge in [0.1, 0.15) is 5.75 Å². The predicted octanol–water partition coefficient (Wildman–Crippen LogP) is 3.51. The zero-order valence-electron chi connectivity index (χ0n) is 12.5. The molecule has 0 saturated carbocycles. The van der Waals surface area contributed by atoms with Crippen LogP contribution in [0.2, 0.25) is 0 Å². The van der Waals surface area contributed by atoms with Crippen LogP contribution in [-0.2, 0) is 10.8 Å². The molecule has 0 bridgehead atoms. The molecule has 0 aromatic heterocycles. The SMILES string of the molecule is Cc1cc(C)c(S(=O)CC(F)(F)F)cc1N1C=CN(C(F)(F)F)N1. The van der Waals surface area contributed by atoms with E-state index in [0.717, 1.165) is 17.4 Å². The molecule has 1 aromatic carbocycles. The summed E-state index contributed by atoms with van der Waals surface area (Å²) in [7, 11) is -2.35. The standard InChI is InChI=1S/C13H13F6N3OS/c1-8-5-9(2)11(24(23)7-12(14,15)16)6-10(8)21-3-4-22(20-21)13(17,18)19/h3-6,20H,7H2,1-2H3. The second kappa shape index (κ2) is 6.28. The first-order chi connectivity index (χ1) is 10.9. The Labute approximate surface area is 136 Å². The Balaban J connectivity index is 2.31. The molecule has 1 aromatic rings. The molecule has 0 saturated heterocycles. The molecule has 1 unspecified atom stereocenters. The quantitative estimate of drug-likeness (QED) is 0.650. The number of benzene rings is 1. The molecule has 11 heteroatoms. The van der Waals surface area contributed by atoms with Crippen molar-refractivity contribution in [1.82, 2.24) is 10.5 Å². The van der Waals surface area contributed by atoms with E-state index < -0.39 is 29.0 Å². The summed E-state index contributed by atoms with van der Waals surface area (Å²) in [6, 6.07) is 2.68. The maximum atomic E-state index is 12.6. The topological polar surface area (TPSA) is 35.6 Å². The van der Waals surface area contributed by atoms with Gasteiger partial charge in [-0.2, -0.15) is 13.2 Å². The zero-order valence-corrected chi connectivity index (χ0v) is 13.3. The number of nitrogens with zero attached hydrogens (tertiary/aromatic N) is 2. The number of rotatable bonds is 3. The molecule has 134 valence electrons. The monoisotopic (exact) mass is 373 g/mol. The molecule has 1 atom stereocenters. The van der Waals surface area contributed by atoms with E-state index in [4.69, 9.17) is 0 Å². The first-order valence-electron chi connectivity index (χ1n) is 6.55. The van der Waals surface area contributed by atoms with E-state index >= 15 is 0 Å². The van der Waals surface area contributed by atoms with Crippen molar-refractivity contribution in [3.05, 3.63) is 35.7 Å². The predicted molar refractivity (Wildman–Crippen MR) is 75.9 cm³/mol. The number of hydrogen-bond acceptors (Lipinski definition) is 4. The van der Waals surface area contributed by atoms with Crippen LogP contribution in [0.3, 0.4) is 0 Å². The van der Waals surface area contributed by atoms with Gasteiger partial charge in [-0.25, -0.2) is 5.01 Å². The lowest BCUT2D eigenvalue weighted by Gasteiger charge is -2.25. The van der Waals surface area contributed by atoms with Crippen molar-refractivity contribution in [1.29, 1.82) is 0 Å². The number of halogens is 6. The molecule has 1 heterocycles. The highest BCUT2D eigenvalue weighted by Gasteiger charge is 2.39. The minimum Gasteiger partial charge on any atom is -0.264 e. The van der Waals surface area contributed by atoms with Crippen molar-refractivity contribution < 1.29 is 30.6 Å². The second-order valence-electron chi connectivity index (χ2n) is 5.12. The van der Waals surface area contributed by atoms with E-state index in [1.807, 2.05) is 5.53 Å². The average Bonchev–Trinajstić information content (AvgIpc) is 2.85. The molecule has 2 rings (SSSR count). The molecule has 0 spiro atoms. The number of hydrogen-bond donors (Lipinski definition) is 1. The molecule has 0 radical (unpaired) electrons. The number of hydrazine groups is 2. The molecule has 1 aliphatic rings. The highest BCUT2D eigenvalue weighted by molar-refractivity contribution is 7.85. The van der Waals surface area contributed by atoms with Crippen molar-refractivity contribution in [2.24, 2.45) is 0 Å². The van der Waals surface area contributed by atoms with Crippen LogP contribution in [0.4, 0.5) is 32.0 Å². The number of alkyl halides is 6. The molecule has 1 N–H and O–H groups in total. The number of anilines is 1. The largest absolute Gasteiger partial charge is 0.500 e. The summed E-state index contributed by atoms with van der Waals surface area (Å²) in [5, 5.41) is 0.884. The highest BCUT2D eigenvalue weighted by atomic mass is 32.2. The van der Waals surface area contributed by atoms with Gasteiger partial charge in [0.15, 0.2) is 0 Å². The second-order valence-corrected chi connectivity index (χ2v) is 6.53. The Kier molecular flexibility index (Phi) is 4.86. The summed E-state index contributed by atoms with van der Waals surface area (Å²) in [6.07, 6.45) is -7.47. The molecule has 0 fully saturated rings. The molecule has 24 heavy (non-hydrogen) atoms. The van der Waals surface area contributed by atoms with Gasteiger partial charge in [0.05, 0.1) is 16.5 Å². The van der Waals surface area contributed by atoms with Crippen LogP contribution in [0.15, 0.2) is 29.4 Å². The number of nitrogens with one attached hydrogen (secondary N) is 1. The van der Waals surface area contributed by atoms with E-state index in [-0.39, 0.29) is 15.6 Å². The van der Waals surface area contributed by atoms with Crippen LogP contribution in [0.5, 0.6) is 0 Å². The van der Waals surface area contributed by atoms with Gasteiger partial charge in [0.2, 0.25) is 0 Å². The maximum Gasteiger partial charge on any atom is 0.500 e. The van der Waals surface area contributed by atoms with E-state index in [9.17, 15) is 30.6 Å². The van der Waals surface area contributed by atoms with Crippen LogP contribution < -0.4 is 10.5 Å². The summed E-state index contributed by atoms with van der Waals surface area (Å²) >= 11 is 0. The molecule has 0 aliphatic carbocycles. The highest BCUT2D eigenvalue weighted by Crippen LogP contribution is 2.31. The molecule has 0 amide bonds. The van der Waals surface area contributed by atoms with Gasteiger partial charge in [-0.3, -0.25) is 9.22 Å².